The third-order valence-corrected chi connectivity index (χ3v) is 9.25. The zero-order valence-electron chi connectivity index (χ0n) is 22.7. The first kappa shape index (κ1) is 26.6. The summed E-state index contributed by atoms with van der Waals surface area (Å²) >= 11 is 0. The van der Waals surface area contributed by atoms with Crippen LogP contribution in [0.2, 0.25) is 0 Å². The molecule has 202 valence electrons. The summed E-state index contributed by atoms with van der Waals surface area (Å²) in [4.78, 5) is 15.7. The molecule has 1 N–H and O–H groups in total. The van der Waals surface area contributed by atoms with Crippen molar-refractivity contribution >= 4 is 15.9 Å². The summed E-state index contributed by atoms with van der Waals surface area (Å²) in [6, 6.07) is 17.8. The van der Waals surface area contributed by atoms with Gasteiger partial charge in [0.15, 0.2) is 0 Å². The van der Waals surface area contributed by atoms with E-state index < -0.39 is 10.0 Å². The Balaban J connectivity index is 1.36. The molecule has 1 amide bonds. The highest BCUT2D eigenvalue weighted by molar-refractivity contribution is 7.89. The summed E-state index contributed by atoms with van der Waals surface area (Å²) in [6.45, 7) is 8.03. The van der Waals surface area contributed by atoms with Crippen LogP contribution in [0.1, 0.15) is 80.3 Å². The Morgan fingerprint density at radius 3 is 2.26 bits per heavy atom. The van der Waals surface area contributed by atoms with E-state index in [0.29, 0.717) is 32.0 Å². The topological polar surface area (TPSA) is 84.3 Å². The Morgan fingerprint density at radius 1 is 1.00 bits per heavy atom. The summed E-state index contributed by atoms with van der Waals surface area (Å²) < 4.78 is 28.5. The molecule has 1 saturated heterocycles. The van der Waals surface area contributed by atoms with Crippen LogP contribution in [0.15, 0.2) is 65.7 Å². The van der Waals surface area contributed by atoms with Gasteiger partial charge in [-0.2, -0.15) is 5.10 Å². The first-order valence-corrected chi connectivity index (χ1v) is 15.0. The Labute approximate surface area is 226 Å². The molecule has 8 heteroatoms. The number of nitrogens with zero attached hydrogens (tertiary/aromatic N) is 3. The highest BCUT2D eigenvalue weighted by Gasteiger charge is 2.41. The number of rotatable bonds is 8. The quantitative estimate of drug-likeness (QED) is 0.451. The minimum Gasteiger partial charge on any atom is -0.341 e. The minimum absolute atomic E-state index is 0.0823. The van der Waals surface area contributed by atoms with Gasteiger partial charge in [0.05, 0.1) is 16.6 Å². The summed E-state index contributed by atoms with van der Waals surface area (Å²) in [5, 5.41) is 5.06. The van der Waals surface area contributed by atoms with Gasteiger partial charge in [0, 0.05) is 43.0 Å². The standard InChI is InChI=1S/C30H38N4O3S/c1-30(2,3)29-27(20-34(32-29)23-13-14-23)26-19-33(18-25(26)22-8-6-5-7-9-22)28(35)17-12-21-10-15-24(16-11-21)38(36,37)31-4/h5-11,15-16,20,23,25-26,31H,12-14,17-19H2,1-4H3. The molecular formula is C30H38N4O3S. The number of sulfonamides is 1. The number of hydrogen-bond acceptors (Lipinski definition) is 4. The average molecular weight is 535 g/mol. The van der Waals surface area contributed by atoms with Crippen LogP contribution in [0.3, 0.4) is 0 Å². The number of benzene rings is 2. The third-order valence-electron chi connectivity index (χ3n) is 7.82. The van der Waals surface area contributed by atoms with Crippen molar-refractivity contribution in [1.82, 2.24) is 19.4 Å². The molecule has 1 saturated carbocycles. The number of nitrogens with one attached hydrogen (secondary N) is 1. The van der Waals surface area contributed by atoms with Crippen LogP contribution in [-0.4, -0.2) is 49.1 Å². The van der Waals surface area contributed by atoms with Crippen molar-refractivity contribution in [3.63, 3.8) is 0 Å². The smallest absolute Gasteiger partial charge is 0.240 e. The van der Waals surface area contributed by atoms with Gasteiger partial charge in [-0.3, -0.25) is 9.48 Å². The number of aryl methyl sites for hydroxylation is 1. The second-order valence-corrected chi connectivity index (χ2v) is 13.6. The van der Waals surface area contributed by atoms with Crippen molar-refractivity contribution in [1.29, 1.82) is 0 Å². The van der Waals surface area contributed by atoms with E-state index in [1.165, 1.54) is 31.0 Å². The van der Waals surface area contributed by atoms with Gasteiger partial charge in [-0.1, -0.05) is 63.2 Å². The maximum atomic E-state index is 13.4. The van der Waals surface area contributed by atoms with Crippen LogP contribution in [0.4, 0.5) is 0 Å². The maximum Gasteiger partial charge on any atom is 0.240 e. The number of carbonyl (C=O) groups is 1. The van der Waals surface area contributed by atoms with E-state index in [4.69, 9.17) is 5.10 Å². The van der Waals surface area contributed by atoms with Gasteiger partial charge >= 0.3 is 0 Å². The predicted octanol–water partition coefficient (Wildman–Crippen LogP) is 4.77. The lowest BCUT2D eigenvalue weighted by Gasteiger charge is -2.23. The van der Waals surface area contributed by atoms with E-state index in [-0.39, 0.29) is 28.1 Å². The lowest BCUT2D eigenvalue weighted by Crippen LogP contribution is -2.29. The number of carbonyl (C=O) groups excluding carboxylic acids is 1. The van der Waals surface area contributed by atoms with Crippen LogP contribution < -0.4 is 4.72 Å². The SMILES string of the molecule is CNS(=O)(=O)c1ccc(CCC(=O)N2CC(c3ccccc3)C(c3cn(C4CC4)nc3C(C)(C)C)C2)cc1. The molecule has 0 spiro atoms. The van der Waals surface area contributed by atoms with Gasteiger partial charge in [0.25, 0.3) is 0 Å². The summed E-state index contributed by atoms with van der Waals surface area (Å²) in [5.41, 5.74) is 4.54. The molecular weight excluding hydrogens is 496 g/mol. The molecule has 2 heterocycles. The zero-order chi connectivity index (χ0) is 27.1. The van der Waals surface area contributed by atoms with Gasteiger partial charge < -0.3 is 4.90 Å². The van der Waals surface area contributed by atoms with E-state index in [9.17, 15) is 13.2 Å². The van der Waals surface area contributed by atoms with Crippen molar-refractivity contribution < 1.29 is 13.2 Å². The van der Waals surface area contributed by atoms with Crippen LogP contribution in [0.5, 0.6) is 0 Å². The number of aromatic nitrogens is 2. The van der Waals surface area contributed by atoms with Gasteiger partial charge in [0.1, 0.15) is 0 Å². The number of likely N-dealkylation sites (tertiary alicyclic amines) is 1. The molecule has 38 heavy (non-hydrogen) atoms. The first-order chi connectivity index (χ1) is 18.1. The fourth-order valence-electron chi connectivity index (χ4n) is 5.51. The van der Waals surface area contributed by atoms with Crippen molar-refractivity contribution in [3.8, 4) is 0 Å². The second kappa shape index (κ2) is 10.3. The van der Waals surface area contributed by atoms with Gasteiger partial charge in [-0.25, -0.2) is 13.1 Å². The van der Waals surface area contributed by atoms with E-state index in [2.05, 4.69) is 60.6 Å². The Bertz CT molecular complexity index is 1390. The summed E-state index contributed by atoms with van der Waals surface area (Å²) in [5.74, 6) is 0.533. The van der Waals surface area contributed by atoms with E-state index in [1.54, 1.807) is 24.3 Å². The Kier molecular flexibility index (Phi) is 7.22. The molecule has 1 aromatic heterocycles. The molecule has 0 radical (unpaired) electrons. The number of hydrogen-bond donors (Lipinski definition) is 1. The molecule has 5 rings (SSSR count). The van der Waals surface area contributed by atoms with Crippen LogP contribution >= 0.6 is 0 Å². The maximum absolute atomic E-state index is 13.4. The van der Waals surface area contributed by atoms with E-state index in [0.717, 1.165) is 11.3 Å². The molecule has 2 aliphatic rings. The molecule has 3 aromatic rings. The monoisotopic (exact) mass is 534 g/mol. The lowest BCUT2D eigenvalue weighted by atomic mass is 9.79. The van der Waals surface area contributed by atoms with Gasteiger partial charge in [0.2, 0.25) is 15.9 Å². The second-order valence-electron chi connectivity index (χ2n) is 11.7. The zero-order valence-corrected chi connectivity index (χ0v) is 23.5. The van der Waals surface area contributed by atoms with Crippen LogP contribution in [-0.2, 0) is 26.7 Å². The summed E-state index contributed by atoms with van der Waals surface area (Å²) in [6.07, 6.45) is 5.59. The fraction of sp³-hybridized carbons (Fsp3) is 0.467. The largest absolute Gasteiger partial charge is 0.341 e. The van der Waals surface area contributed by atoms with Crippen LogP contribution in [0, 0.1) is 0 Å². The molecule has 7 nitrogen and oxygen atoms in total. The van der Waals surface area contributed by atoms with Crippen LogP contribution in [0.25, 0.3) is 0 Å². The highest BCUT2D eigenvalue weighted by atomic mass is 32.2. The fourth-order valence-corrected chi connectivity index (χ4v) is 6.24. The summed E-state index contributed by atoms with van der Waals surface area (Å²) in [7, 11) is -2.07. The first-order valence-electron chi connectivity index (χ1n) is 13.5. The molecule has 1 aliphatic heterocycles. The minimum atomic E-state index is -3.47. The van der Waals surface area contributed by atoms with Crippen molar-refractivity contribution in [3.05, 3.63) is 83.2 Å². The normalized spacial score (nSPS) is 20.2. The molecule has 0 bridgehead atoms. The van der Waals surface area contributed by atoms with Crippen molar-refractivity contribution in [2.45, 2.75) is 74.6 Å². The van der Waals surface area contributed by atoms with Gasteiger partial charge in [-0.05, 0) is 55.1 Å². The van der Waals surface area contributed by atoms with E-state index in [1.807, 2.05) is 11.0 Å². The molecule has 2 atom stereocenters. The third kappa shape index (κ3) is 5.57. The van der Waals surface area contributed by atoms with Gasteiger partial charge in [-0.15, -0.1) is 0 Å². The average Bonchev–Trinajstić information content (AvgIpc) is 3.49. The molecule has 2 aromatic carbocycles. The van der Waals surface area contributed by atoms with Crippen molar-refractivity contribution in [2.75, 3.05) is 20.1 Å². The predicted molar refractivity (Wildman–Crippen MR) is 149 cm³/mol. The Hall–Kier alpha value is -2.97. The molecule has 2 fully saturated rings. The highest BCUT2D eigenvalue weighted by Crippen LogP contribution is 2.45. The Morgan fingerprint density at radius 2 is 1.66 bits per heavy atom. The van der Waals surface area contributed by atoms with Crippen molar-refractivity contribution in [2.24, 2.45) is 0 Å². The lowest BCUT2D eigenvalue weighted by molar-refractivity contribution is -0.130. The molecule has 2 unspecified atom stereocenters. The van der Waals surface area contributed by atoms with E-state index >= 15 is 0 Å². The number of amides is 1. The molecule has 1 aliphatic carbocycles.